The summed E-state index contributed by atoms with van der Waals surface area (Å²) in [7, 11) is 0. The number of hydrogen-bond donors (Lipinski definition) is 0. The SMILES string of the molecule is Cc1cc(CN2CC3CC3C2)cc(C2CC2)n1. The van der Waals surface area contributed by atoms with Crippen LogP contribution in [-0.2, 0) is 6.54 Å². The lowest BCUT2D eigenvalue weighted by Crippen LogP contribution is -2.22. The molecule has 2 heteroatoms. The molecule has 1 saturated heterocycles. The molecule has 2 unspecified atom stereocenters. The Bertz CT molecular complexity index is 440. The van der Waals surface area contributed by atoms with Crippen LogP contribution < -0.4 is 0 Å². The zero-order valence-corrected chi connectivity index (χ0v) is 10.5. The Kier molecular flexibility index (Phi) is 2.10. The molecule has 1 aliphatic heterocycles. The van der Waals surface area contributed by atoms with Gasteiger partial charge in [-0.1, -0.05) is 0 Å². The van der Waals surface area contributed by atoms with E-state index in [1.165, 1.54) is 49.3 Å². The fourth-order valence-corrected chi connectivity index (χ4v) is 3.33. The maximum absolute atomic E-state index is 4.68. The Hall–Kier alpha value is -0.890. The number of likely N-dealkylation sites (tertiary alicyclic amines) is 1. The minimum absolute atomic E-state index is 0.778. The Morgan fingerprint density at radius 1 is 1.24 bits per heavy atom. The van der Waals surface area contributed by atoms with Crippen molar-refractivity contribution in [2.75, 3.05) is 13.1 Å². The predicted octanol–water partition coefficient (Wildman–Crippen LogP) is 2.72. The molecule has 0 bridgehead atoms. The van der Waals surface area contributed by atoms with Gasteiger partial charge in [-0.15, -0.1) is 0 Å². The molecule has 1 aromatic heterocycles. The van der Waals surface area contributed by atoms with Crippen molar-refractivity contribution in [1.82, 2.24) is 9.88 Å². The van der Waals surface area contributed by atoms with Crippen LogP contribution in [0.15, 0.2) is 12.1 Å². The molecule has 0 aromatic carbocycles. The third-order valence-electron chi connectivity index (χ3n) is 4.49. The molecule has 3 fully saturated rings. The highest BCUT2D eigenvalue weighted by Crippen LogP contribution is 2.45. The van der Waals surface area contributed by atoms with Gasteiger partial charge in [-0.2, -0.15) is 0 Å². The highest BCUT2D eigenvalue weighted by molar-refractivity contribution is 5.25. The van der Waals surface area contributed by atoms with Crippen molar-refractivity contribution in [3.05, 3.63) is 29.1 Å². The number of hydrogen-bond acceptors (Lipinski definition) is 2. The molecule has 0 spiro atoms. The van der Waals surface area contributed by atoms with E-state index in [1.54, 1.807) is 0 Å². The van der Waals surface area contributed by atoms with Gasteiger partial charge in [-0.3, -0.25) is 9.88 Å². The summed E-state index contributed by atoms with van der Waals surface area (Å²) >= 11 is 0. The first kappa shape index (κ1) is 10.1. The molecule has 2 atom stereocenters. The molecule has 2 nitrogen and oxygen atoms in total. The van der Waals surface area contributed by atoms with Gasteiger partial charge in [-0.25, -0.2) is 0 Å². The van der Waals surface area contributed by atoms with Gasteiger partial charge in [-0.05, 0) is 55.7 Å². The molecule has 0 radical (unpaired) electrons. The van der Waals surface area contributed by atoms with Gasteiger partial charge in [0.1, 0.15) is 0 Å². The average Bonchev–Trinajstić information content (AvgIpc) is 3.17. The zero-order chi connectivity index (χ0) is 11.4. The van der Waals surface area contributed by atoms with Gasteiger partial charge in [0, 0.05) is 36.9 Å². The monoisotopic (exact) mass is 228 g/mol. The molecule has 0 N–H and O–H groups in total. The Balaban J connectivity index is 1.51. The van der Waals surface area contributed by atoms with Crippen molar-refractivity contribution < 1.29 is 0 Å². The van der Waals surface area contributed by atoms with Crippen LogP contribution in [0.5, 0.6) is 0 Å². The summed E-state index contributed by atoms with van der Waals surface area (Å²) in [4.78, 5) is 7.30. The normalized spacial score (nSPS) is 31.6. The van der Waals surface area contributed by atoms with Gasteiger partial charge in [0.25, 0.3) is 0 Å². The zero-order valence-electron chi connectivity index (χ0n) is 10.5. The van der Waals surface area contributed by atoms with E-state index in [-0.39, 0.29) is 0 Å². The topological polar surface area (TPSA) is 16.1 Å². The van der Waals surface area contributed by atoms with Gasteiger partial charge < -0.3 is 0 Å². The van der Waals surface area contributed by atoms with E-state index >= 15 is 0 Å². The lowest BCUT2D eigenvalue weighted by molar-refractivity contribution is 0.297. The second kappa shape index (κ2) is 3.55. The van der Waals surface area contributed by atoms with Crippen molar-refractivity contribution in [2.24, 2.45) is 11.8 Å². The number of rotatable bonds is 3. The molecular weight excluding hydrogens is 208 g/mol. The maximum atomic E-state index is 4.68. The van der Waals surface area contributed by atoms with E-state index < -0.39 is 0 Å². The first-order valence-electron chi connectivity index (χ1n) is 6.98. The molecule has 90 valence electrons. The molecular formula is C15H20N2. The molecule has 3 aliphatic rings. The number of pyridine rings is 1. The summed E-state index contributed by atoms with van der Waals surface area (Å²) in [5, 5.41) is 0. The molecule has 2 heterocycles. The van der Waals surface area contributed by atoms with Crippen LogP contribution in [0.3, 0.4) is 0 Å². The Morgan fingerprint density at radius 2 is 2.00 bits per heavy atom. The molecule has 0 amide bonds. The molecule has 2 saturated carbocycles. The molecule has 4 rings (SSSR count). The summed E-state index contributed by atoms with van der Waals surface area (Å²) in [6.45, 7) is 5.96. The smallest absolute Gasteiger partial charge is 0.0440 e. The van der Waals surface area contributed by atoms with Gasteiger partial charge >= 0.3 is 0 Å². The summed E-state index contributed by atoms with van der Waals surface area (Å²) in [6.07, 6.45) is 4.20. The van der Waals surface area contributed by atoms with Crippen LogP contribution in [0.25, 0.3) is 0 Å². The third kappa shape index (κ3) is 1.99. The fraction of sp³-hybridized carbons (Fsp3) is 0.667. The van der Waals surface area contributed by atoms with Crippen LogP contribution in [0.1, 0.15) is 42.1 Å². The second-order valence-corrected chi connectivity index (χ2v) is 6.27. The number of nitrogens with zero attached hydrogens (tertiary/aromatic N) is 2. The Morgan fingerprint density at radius 3 is 2.71 bits per heavy atom. The summed E-state index contributed by atoms with van der Waals surface area (Å²) in [5.41, 5.74) is 4.04. The van der Waals surface area contributed by atoms with Crippen molar-refractivity contribution in [2.45, 2.75) is 38.6 Å². The highest BCUT2D eigenvalue weighted by atomic mass is 15.2. The first-order chi connectivity index (χ1) is 8.28. The van der Waals surface area contributed by atoms with Gasteiger partial charge in [0.05, 0.1) is 0 Å². The van der Waals surface area contributed by atoms with E-state index in [2.05, 4.69) is 28.9 Å². The van der Waals surface area contributed by atoms with Crippen molar-refractivity contribution in [3.63, 3.8) is 0 Å². The van der Waals surface area contributed by atoms with E-state index in [4.69, 9.17) is 0 Å². The first-order valence-corrected chi connectivity index (χ1v) is 6.98. The van der Waals surface area contributed by atoms with Crippen LogP contribution in [0, 0.1) is 18.8 Å². The molecule has 17 heavy (non-hydrogen) atoms. The third-order valence-corrected chi connectivity index (χ3v) is 4.49. The van der Waals surface area contributed by atoms with Gasteiger partial charge in [0.15, 0.2) is 0 Å². The van der Waals surface area contributed by atoms with E-state index in [0.29, 0.717) is 0 Å². The van der Waals surface area contributed by atoms with Crippen molar-refractivity contribution in [1.29, 1.82) is 0 Å². The van der Waals surface area contributed by atoms with Crippen LogP contribution in [-0.4, -0.2) is 23.0 Å². The standard InChI is InChI=1S/C15H20N2/c1-10-4-11(5-15(16-10)12-2-3-12)7-17-8-13-6-14(13)9-17/h4-5,12-14H,2-3,6-9H2,1H3. The Labute approximate surface area is 103 Å². The molecule has 1 aromatic rings. The lowest BCUT2D eigenvalue weighted by atomic mass is 10.1. The minimum Gasteiger partial charge on any atom is -0.299 e. The van der Waals surface area contributed by atoms with Gasteiger partial charge in [0.2, 0.25) is 0 Å². The number of piperidine rings is 1. The quantitative estimate of drug-likeness (QED) is 0.790. The largest absolute Gasteiger partial charge is 0.299 e. The number of aromatic nitrogens is 1. The van der Waals surface area contributed by atoms with Crippen LogP contribution >= 0.6 is 0 Å². The maximum Gasteiger partial charge on any atom is 0.0440 e. The second-order valence-electron chi connectivity index (χ2n) is 6.27. The summed E-state index contributed by atoms with van der Waals surface area (Å²) < 4.78 is 0. The van der Waals surface area contributed by atoms with E-state index in [0.717, 1.165) is 24.3 Å². The predicted molar refractivity (Wildman–Crippen MR) is 67.8 cm³/mol. The average molecular weight is 228 g/mol. The fourth-order valence-electron chi connectivity index (χ4n) is 3.33. The van der Waals surface area contributed by atoms with E-state index in [1.807, 2.05) is 0 Å². The van der Waals surface area contributed by atoms with Crippen LogP contribution in [0.2, 0.25) is 0 Å². The highest BCUT2D eigenvalue weighted by Gasteiger charge is 2.44. The minimum atomic E-state index is 0.778. The number of fused-ring (bicyclic) bond motifs is 1. The number of aryl methyl sites for hydroxylation is 1. The summed E-state index contributed by atoms with van der Waals surface area (Å²) in [5.74, 6) is 2.86. The molecule has 2 aliphatic carbocycles. The van der Waals surface area contributed by atoms with Crippen molar-refractivity contribution >= 4 is 0 Å². The lowest BCUT2D eigenvalue weighted by Gasteiger charge is -2.18. The van der Waals surface area contributed by atoms with Crippen LogP contribution in [0.4, 0.5) is 0 Å². The van der Waals surface area contributed by atoms with Crippen molar-refractivity contribution in [3.8, 4) is 0 Å². The summed E-state index contributed by atoms with van der Waals surface area (Å²) in [6, 6.07) is 4.63. The van der Waals surface area contributed by atoms with E-state index in [9.17, 15) is 0 Å².